The van der Waals surface area contributed by atoms with Gasteiger partial charge < -0.3 is 14.6 Å². The Morgan fingerprint density at radius 1 is 1.41 bits per heavy atom. The molecule has 1 atom stereocenters. The molecule has 1 N–H and O–H groups in total. The van der Waals surface area contributed by atoms with Crippen LogP contribution in [-0.2, 0) is 9.47 Å². The number of allylic oxidation sites excluding steroid dienone is 1. The van der Waals surface area contributed by atoms with E-state index in [9.17, 15) is 9.90 Å². The number of ether oxygens (including phenoxy) is 2. The summed E-state index contributed by atoms with van der Waals surface area (Å²) in [6, 6.07) is 0. The van der Waals surface area contributed by atoms with Gasteiger partial charge in [0.05, 0.1) is 12.2 Å². The second kappa shape index (κ2) is 8.82. The lowest BCUT2D eigenvalue weighted by Crippen LogP contribution is -2.22. The summed E-state index contributed by atoms with van der Waals surface area (Å²) in [5.41, 5.74) is -0.714. The monoisotopic (exact) mass is 242 g/mol. The van der Waals surface area contributed by atoms with E-state index < -0.39 is 11.8 Å². The number of hydrogen-bond donors (Lipinski definition) is 1. The number of aliphatic hydroxyl groups is 1. The van der Waals surface area contributed by atoms with Crippen molar-refractivity contribution >= 4 is 6.16 Å². The minimum absolute atomic E-state index is 0.197. The molecule has 0 aromatic rings. The van der Waals surface area contributed by atoms with Crippen molar-refractivity contribution in [2.75, 3.05) is 13.2 Å². The fraction of sp³-hybridized carbons (Fsp3) is 0.615. The third-order valence-electron chi connectivity index (χ3n) is 2.16. The molecular weight excluding hydrogens is 220 g/mol. The maximum absolute atomic E-state index is 10.8. The Morgan fingerprint density at radius 2 is 2.12 bits per heavy atom. The molecule has 98 valence electrons. The molecule has 4 heteroatoms. The van der Waals surface area contributed by atoms with Crippen LogP contribution in [0.2, 0.25) is 0 Å². The highest BCUT2D eigenvalue weighted by molar-refractivity contribution is 5.59. The molecule has 0 radical (unpaired) electrons. The van der Waals surface area contributed by atoms with Gasteiger partial charge in [-0.3, -0.25) is 0 Å². The van der Waals surface area contributed by atoms with Crippen LogP contribution < -0.4 is 0 Å². The Labute approximate surface area is 103 Å². The molecule has 0 amide bonds. The van der Waals surface area contributed by atoms with Gasteiger partial charge in [0, 0.05) is 0 Å². The minimum Gasteiger partial charge on any atom is -0.435 e. The summed E-state index contributed by atoms with van der Waals surface area (Å²) in [5.74, 6) is 0. The summed E-state index contributed by atoms with van der Waals surface area (Å²) in [7, 11) is 0. The fourth-order valence-corrected chi connectivity index (χ4v) is 1.27. The zero-order valence-electron chi connectivity index (χ0n) is 10.6. The molecule has 0 heterocycles. The van der Waals surface area contributed by atoms with Crippen LogP contribution in [0.1, 0.15) is 33.1 Å². The van der Waals surface area contributed by atoms with E-state index in [1.807, 2.05) is 6.08 Å². The quantitative estimate of drug-likeness (QED) is 0.525. The minimum atomic E-state index is -0.714. The van der Waals surface area contributed by atoms with Crippen LogP contribution in [0.3, 0.4) is 0 Å². The Bertz CT molecular complexity index is 256. The van der Waals surface area contributed by atoms with E-state index in [1.165, 1.54) is 0 Å². The first-order chi connectivity index (χ1) is 8.02. The van der Waals surface area contributed by atoms with Crippen LogP contribution in [0.15, 0.2) is 24.8 Å². The molecule has 0 saturated heterocycles. The summed E-state index contributed by atoms with van der Waals surface area (Å²) in [6.45, 7) is 7.60. The van der Waals surface area contributed by atoms with Gasteiger partial charge in [-0.05, 0) is 33.1 Å². The first kappa shape index (κ1) is 15.7. The summed E-state index contributed by atoms with van der Waals surface area (Å²) in [6.07, 6.45) is 6.60. The van der Waals surface area contributed by atoms with Crippen LogP contribution in [0, 0.1) is 0 Å². The molecule has 0 fully saturated rings. The molecule has 1 unspecified atom stereocenters. The van der Waals surface area contributed by atoms with Crippen LogP contribution in [0.5, 0.6) is 0 Å². The Balaban J connectivity index is 3.61. The number of carbonyl (C=O) groups is 1. The third-order valence-corrected chi connectivity index (χ3v) is 2.16. The number of hydrogen-bond acceptors (Lipinski definition) is 4. The second-order valence-electron chi connectivity index (χ2n) is 3.99. The smallest absolute Gasteiger partial charge is 0.435 e. The fourth-order valence-electron chi connectivity index (χ4n) is 1.27. The largest absolute Gasteiger partial charge is 0.508 e. The van der Waals surface area contributed by atoms with Crippen molar-refractivity contribution in [3.05, 3.63) is 24.8 Å². The number of carbonyl (C=O) groups excluding carboxylic acids is 1. The van der Waals surface area contributed by atoms with Crippen molar-refractivity contribution in [2.24, 2.45) is 0 Å². The van der Waals surface area contributed by atoms with Crippen molar-refractivity contribution in [1.82, 2.24) is 0 Å². The average molecular weight is 242 g/mol. The molecule has 0 saturated carbocycles. The highest BCUT2D eigenvalue weighted by Gasteiger charge is 2.16. The molecule has 0 aromatic heterocycles. The maximum Gasteiger partial charge on any atom is 0.508 e. The molecule has 0 aromatic carbocycles. The lowest BCUT2D eigenvalue weighted by Gasteiger charge is -2.20. The highest BCUT2D eigenvalue weighted by atomic mass is 16.7. The number of rotatable bonds is 8. The van der Waals surface area contributed by atoms with Gasteiger partial charge in [0.1, 0.15) is 6.61 Å². The normalized spacial score (nSPS) is 14.3. The summed E-state index contributed by atoms with van der Waals surface area (Å²) < 4.78 is 9.32. The Hall–Kier alpha value is -1.29. The Morgan fingerprint density at radius 3 is 2.71 bits per heavy atom. The summed E-state index contributed by atoms with van der Waals surface area (Å²) in [5, 5.41) is 9.82. The van der Waals surface area contributed by atoms with Gasteiger partial charge in [-0.25, -0.2) is 4.79 Å². The van der Waals surface area contributed by atoms with Crippen molar-refractivity contribution in [3.8, 4) is 0 Å². The van der Waals surface area contributed by atoms with Crippen LogP contribution >= 0.6 is 0 Å². The second-order valence-corrected chi connectivity index (χ2v) is 3.99. The first-order valence-corrected chi connectivity index (χ1v) is 5.79. The van der Waals surface area contributed by atoms with Gasteiger partial charge in [-0.1, -0.05) is 18.2 Å². The molecule has 4 nitrogen and oxygen atoms in total. The van der Waals surface area contributed by atoms with Gasteiger partial charge in [0.2, 0.25) is 0 Å². The van der Waals surface area contributed by atoms with Gasteiger partial charge in [-0.15, -0.1) is 6.58 Å². The molecule has 0 aliphatic rings. The molecule has 0 aliphatic carbocycles. The molecular formula is C13H22O4. The van der Waals surface area contributed by atoms with Gasteiger partial charge in [0.25, 0.3) is 0 Å². The van der Waals surface area contributed by atoms with Crippen LogP contribution in [-0.4, -0.2) is 30.1 Å². The zero-order valence-corrected chi connectivity index (χ0v) is 10.6. The van der Waals surface area contributed by atoms with E-state index in [4.69, 9.17) is 4.74 Å². The highest BCUT2D eigenvalue weighted by Crippen LogP contribution is 2.16. The van der Waals surface area contributed by atoms with Crippen LogP contribution in [0.25, 0.3) is 0 Å². The van der Waals surface area contributed by atoms with E-state index in [0.29, 0.717) is 19.4 Å². The maximum atomic E-state index is 10.8. The lowest BCUT2D eigenvalue weighted by molar-refractivity contribution is 0.0547. The first-order valence-electron chi connectivity index (χ1n) is 5.79. The van der Waals surface area contributed by atoms with Crippen molar-refractivity contribution in [3.63, 3.8) is 0 Å². The van der Waals surface area contributed by atoms with Gasteiger partial charge >= 0.3 is 6.16 Å². The Kier molecular flexibility index (Phi) is 8.15. The van der Waals surface area contributed by atoms with Gasteiger partial charge in [-0.2, -0.15) is 0 Å². The summed E-state index contributed by atoms with van der Waals surface area (Å²) in [4.78, 5) is 10.8. The predicted octanol–water partition coefficient (Wildman–Crippen LogP) is 2.82. The predicted molar refractivity (Wildman–Crippen MR) is 66.8 cm³/mol. The molecule has 0 bridgehead atoms. The van der Waals surface area contributed by atoms with E-state index in [-0.39, 0.29) is 6.61 Å². The van der Waals surface area contributed by atoms with E-state index >= 15 is 0 Å². The van der Waals surface area contributed by atoms with Crippen molar-refractivity contribution < 1.29 is 19.4 Å². The third kappa shape index (κ3) is 9.63. The summed E-state index contributed by atoms with van der Waals surface area (Å²) >= 11 is 0. The van der Waals surface area contributed by atoms with Crippen molar-refractivity contribution in [2.45, 2.75) is 38.7 Å². The molecule has 0 aliphatic heterocycles. The zero-order chi connectivity index (χ0) is 13.1. The van der Waals surface area contributed by atoms with Crippen LogP contribution in [0.4, 0.5) is 4.79 Å². The van der Waals surface area contributed by atoms with E-state index in [2.05, 4.69) is 11.3 Å². The molecule has 0 spiro atoms. The molecule has 17 heavy (non-hydrogen) atoms. The average Bonchev–Trinajstić information content (AvgIpc) is 2.23. The van der Waals surface area contributed by atoms with E-state index in [1.54, 1.807) is 26.0 Å². The standard InChI is InChI=1S/C13H22O4/c1-4-9-13(3,15)10-7-6-8-11-17-12(14)16-5-2/h4,6,8,15H,1,5,7,9-11H2,2-3H3/b8-6+. The van der Waals surface area contributed by atoms with Crippen molar-refractivity contribution in [1.29, 1.82) is 0 Å². The lowest BCUT2D eigenvalue weighted by atomic mass is 9.96. The topological polar surface area (TPSA) is 55.8 Å². The molecule has 0 rings (SSSR count). The van der Waals surface area contributed by atoms with E-state index in [0.717, 1.165) is 6.42 Å². The SMILES string of the molecule is C=CCC(C)(O)CC/C=C/COC(=O)OCC. The van der Waals surface area contributed by atoms with Gasteiger partial charge in [0.15, 0.2) is 0 Å².